The van der Waals surface area contributed by atoms with Crippen LogP contribution >= 0.6 is 11.6 Å². The summed E-state index contributed by atoms with van der Waals surface area (Å²) >= 11 is 5.78. The number of hydrogen-bond donors (Lipinski definition) is 2. The van der Waals surface area contributed by atoms with E-state index < -0.39 is 20.9 Å². The highest BCUT2D eigenvalue weighted by Gasteiger charge is 2.19. The molecule has 2 aromatic carbocycles. The van der Waals surface area contributed by atoms with Gasteiger partial charge in [-0.15, -0.1) is 0 Å². The Morgan fingerprint density at radius 2 is 1.88 bits per heavy atom. The molecule has 0 saturated carbocycles. The molecular weight excluding hydrogens is 356 g/mol. The molecule has 0 aromatic heterocycles. The summed E-state index contributed by atoms with van der Waals surface area (Å²) in [6.07, 6.45) is 0.0696. The summed E-state index contributed by atoms with van der Waals surface area (Å²) in [6, 6.07) is 10.1. The normalized spacial score (nSPS) is 12.6. The number of halogens is 1. The summed E-state index contributed by atoms with van der Waals surface area (Å²) in [5, 5.41) is 24.6. The lowest BCUT2D eigenvalue weighted by molar-refractivity contribution is -0.384. The van der Waals surface area contributed by atoms with Crippen LogP contribution < -0.4 is 5.32 Å². The molecule has 2 aromatic rings. The fraction of sp³-hybridized carbons (Fsp3) is 0.200. The molecule has 0 amide bonds. The first-order valence-electron chi connectivity index (χ1n) is 6.84. The summed E-state index contributed by atoms with van der Waals surface area (Å²) in [5.74, 6) is 0. The third-order valence-corrected chi connectivity index (χ3v) is 4.70. The van der Waals surface area contributed by atoms with Gasteiger partial charge in [0.05, 0.1) is 15.9 Å². The zero-order valence-corrected chi connectivity index (χ0v) is 14.2. The predicted octanol–water partition coefficient (Wildman–Crippen LogP) is 2.80. The summed E-state index contributed by atoms with van der Waals surface area (Å²) in [7, 11) is -3.55. The molecule has 128 valence electrons. The van der Waals surface area contributed by atoms with Gasteiger partial charge < -0.3 is 10.4 Å². The smallest absolute Gasteiger partial charge is 0.293 e. The van der Waals surface area contributed by atoms with Crippen LogP contribution in [0.15, 0.2) is 47.4 Å². The fourth-order valence-electron chi connectivity index (χ4n) is 2.05. The average molecular weight is 371 g/mol. The number of rotatable bonds is 6. The molecule has 0 aliphatic rings. The Labute approximate surface area is 144 Å². The summed E-state index contributed by atoms with van der Waals surface area (Å²) in [6.45, 7) is 0.0146. The van der Waals surface area contributed by atoms with Crippen molar-refractivity contribution in [3.05, 3.63) is 63.2 Å². The van der Waals surface area contributed by atoms with Crippen LogP contribution in [0.5, 0.6) is 0 Å². The van der Waals surface area contributed by atoms with Gasteiger partial charge >= 0.3 is 0 Å². The summed E-state index contributed by atoms with van der Waals surface area (Å²) < 4.78 is 23.0. The molecule has 0 aliphatic heterocycles. The van der Waals surface area contributed by atoms with Gasteiger partial charge in [0.1, 0.15) is 5.69 Å². The second-order valence-corrected chi connectivity index (χ2v) is 7.61. The first kappa shape index (κ1) is 18.2. The maximum atomic E-state index is 11.5. The van der Waals surface area contributed by atoms with E-state index >= 15 is 0 Å². The van der Waals surface area contributed by atoms with E-state index in [-0.39, 0.29) is 22.8 Å². The lowest BCUT2D eigenvalue weighted by atomic mass is 10.1. The fourth-order valence-corrected chi connectivity index (χ4v) is 2.82. The van der Waals surface area contributed by atoms with Gasteiger partial charge in [-0.1, -0.05) is 23.7 Å². The lowest BCUT2D eigenvalue weighted by Gasteiger charge is -2.14. The van der Waals surface area contributed by atoms with E-state index in [2.05, 4.69) is 5.32 Å². The van der Waals surface area contributed by atoms with Crippen LogP contribution in [0.4, 0.5) is 11.4 Å². The highest BCUT2D eigenvalue weighted by molar-refractivity contribution is 7.90. The monoisotopic (exact) mass is 370 g/mol. The summed E-state index contributed by atoms with van der Waals surface area (Å²) in [4.78, 5) is 10.3. The second kappa shape index (κ2) is 7.16. The molecular formula is C15H15ClN2O5S. The van der Waals surface area contributed by atoms with E-state index in [0.29, 0.717) is 10.6 Å². The van der Waals surface area contributed by atoms with E-state index in [9.17, 15) is 23.6 Å². The zero-order chi connectivity index (χ0) is 17.9. The molecule has 24 heavy (non-hydrogen) atoms. The largest absolute Gasteiger partial charge is 0.387 e. The van der Waals surface area contributed by atoms with Crippen LogP contribution in [0.3, 0.4) is 0 Å². The van der Waals surface area contributed by atoms with Crippen molar-refractivity contribution in [1.29, 1.82) is 0 Å². The molecule has 0 bridgehead atoms. The Morgan fingerprint density at radius 1 is 1.25 bits per heavy atom. The number of sulfone groups is 1. The van der Waals surface area contributed by atoms with Crippen LogP contribution in [-0.2, 0) is 9.84 Å². The number of nitrogens with one attached hydrogen (secondary N) is 1. The maximum absolute atomic E-state index is 11.5. The number of benzene rings is 2. The number of nitrogens with zero attached hydrogens (tertiary/aromatic N) is 1. The topological polar surface area (TPSA) is 110 Å². The van der Waals surface area contributed by atoms with Crippen LogP contribution in [0, 0.1) is 10.1 Å². The predicted molar refractivity (Wildman–Crippen MR) is 91.1 cm³/mol. The molecule has 0 radical (unpaired) electrons. The van der Waals surface area contributed by atoms with Gasteiger partial charge in [-0.3, -0.25) is 10.1 Å². The molecule has 0 saturated heterocycles. The van der Waals surface area contributed by atoms with Crippen molar-refractivity contribution in [2.45, 2.75) is 11.0 Å². The molecule has 1 unspecified atom stereocenters. The van der Waals surface area contributed by atoms with Crippen LogP contribution in [-0.4, -0.2) is 31.2 Å². The Kier molecular flexibility index (Phi) is 5.43. The maximum Gasteiger partial charge on any atom is 0.293 e. The van der Waals surface area contributed by atoms with Gasteiger partial charge in [-0.25, -0.2) is 8.42 Å². The van der Waals surface area contributed by atoms with Gasteiger partial charge in [0.15, 0.2) is 9.84 Å². The molecule has 0 fully saturated rings. The molecule has 1 atom stereocenters. The highest BCUT2D eigenvalue weighted by atomic mass is 35.5. The van der Waals surface area contributed by atoms with Crippen LogP contribution in [0.25, 0.3) is 0 Å². The minimum absolute atomic E-state index is 0.0146. The standard InChI is InChI=1S/C15H15ClN2O5S/c1-24(22,23)12-6-7-13(14(8-12)18(20)21)17-9-15(19)10-2-4-11(16)5-3-10/h2-8,15,17,19H,9H2,1H3. The van der Waals surface area contributed by atoms with Gasteiger partial charge in [0.25, 0.3) is 5.69 Å². The highest BCUT2D eigenvalue weighted by Crippen LogP contribution is 2.28. The third kappa shape index (κ3) is 4.44. The molecule has 0 spiro atoms. The van der Waals surface area contributed by atoms with Crippen molar-refractivity contribution in [3.8, 4) is 0 Å². The number of nitro benzene ring substituents is 1. The van der Waals surface area contributed by atoms with Crippen molar-refractivity contribution in [1.82, 2.24) is 0 Å². The number of aliphatic hydroxyl groups is 1. The van der Waals surface area contributed by atoms with Crippen molar-refractivity contribution >= 4 is 32.8 Å². The zero-order valence-electron chi connectivity index (χ0n) is 12.6. The number of anilines is 1. The van der Waals surface area contributed by atoms with Gasteiger partial charge in [-0.2, -0.15) is 0 Å². The summed E-state index contributed by atoms with van der Waals surface area (Å²) in [5.41, 5.74) is 0.351. The Morgan fingerprint density at radius 3 is 2.42 bits per heavy atom. The molecule has 2 N–H and O–H groups in total. The molecule has 0 heterocycles. The first-order valence-corrected chi connectivity index (χ1v) is 9.11. The Balaban J connectivity index is 2.20. The van der Waals surface area contributed by atoms with Crippen LogP contribution in [0.2, 0.25) is 5.02 Å². The Bertz CT molecular complexity index is 853. The SMILES string of the molecule is CS(=O)(=O)c1ccc(NCC(O)c2ccc(Cl)cc2)c([N+](=O)[O-])c1. The molecule has 2 rings (SSSR count). The van der Waals surface area contributed by atoms with E-state index in [4.69, 9.17) is 11.6 Å². The Hall–Kier alpha value is -2.16. The minimum atomic E-state index is -3.55. The van der Waals surface area contributed by atoms with Crippen molar-refractivity contribution < 1.29 is 18.4 Å². The van der Waals surface area contributed by atoms with Crippen LogP contribution in [0.1, 0.15) is 11.7 Å². The number of hydrogen-bond acceptors (Lipinski definition) is 6. The van der Waals surface area contributed by atoms with Gasteiger partial charge in [-0.05, 0) is 29.8 Å². The average Bonchev–Trinajstić information content (AvgIpc) is 2.52. The first-order chi connectivity index (χ1) is 11.2. The van der Waals surface area contributed by atoms with Gasteiger partial charge in [0, 0.05) is 23.9 Å². The number of aliphatic hydroxyl groups excluding tert-OH is 1. The van der Waals surface area contributed by atoms with Crippen molar-refractivity contribution in [3.63, 3.8) is 0 Å². The van der Waals surface area contributed by atoms with Crippen molar-refractivity contribution in [2.75, 3.05) is 18.1 Å². The van der Waals surface area contributed by atoms with E-state index in [1.165, 1.54) is 12.1 Å². The number of nitro groups is 1. The third-order valence-electron chi connectivity index (χ3n) is 3.33. The minimum Gasteiger partial charge on any atom is -0.387 e. The van der Waals surface area contributed by atoms with Gasteiger partial charge in [0.2, 0.25) is 0 Å². The molecule has 9 heteroatoms. The lowest BCUT2D eigenvalue weighted by Crippen LogP contribution is -2.13. The van der Waals surface area contributed by atoms with E-state index in [1.807, 2.05) is 0 Å². The van der Waals surface area contributed by atoms with E-state index in [1.54, 1.807) is 24.3 Å². The van der Waals surface area contributed by atoms with E-state index in [0.717, 1.165) is 12.3 Å². The second-order valence-electron chi connectivity index (χ2n) is 5.16. The quantitative estimate of drug-likeness (QED) is 0.597. The molecule has 0 aliphatic carbocycles. The molecule has 7 nitrogen and oxygen atoms in total. The van der Waals surface area contributed by atoms with Crippen molar-refractivity contribution in [2.24, 2.45) is 0 Å².